The molecule has 1 N–H and O–H groups in total. The van der Waals surface area contributed by atoms with Crippen molar-refractivity contribution in [2.24, 2.45) is 5.92 Å². The molecule has 2 aromatic carbocycles. The van der Waals surface area contributed by atoms with E-state index in [2.05, 4.69) is 0 Å². The summed E-state index contributed by atoms with van der Waals surface area (Å²) in [5.41, 5.74) is 0.726. The highest BCUT2D eigenvalue weighted by Crippen LogP contribution is 2.55. The molecule has 0 bridgehead atoms. The summed E-state index contributed by atoms with van der Waals surface area (Å²) < 4.78 is 6.10. The van der Waals surface area contributed by atoms with Gasteiger partial charge in [0, 0.05) is 17.0 Å². The SMILES string of the molecule is CC[C@H](O)[C@@H]1C(=O)N2C(C(=O)OCc3ccc([N+](=O)[O-])cc3)=C(Sc3ccccc3)S[C@H]12. The number of nitro benzene ring substituents is 1. The van der Waals surface area contributed by atoms with Crippen LogP contribution in [0.2, 0.25) is 0 Å². The molecule has 1 amide bonds. The van der Waals surface area contributed by atoms with E-state index in [4.69, 9.17) is 4.74 Å². The second-order valence-electron chi connectivity index (χ2n) is 7.27. The number of thioether (sulfide) groups is 2. The Kier molecular flexibility index (Phi) is 6.54. The number of hydrogen-bond acceptors (Lipinski definition) is 8. The van der Waals surface area contributed by atoms with Crippen molar-refractivity contribution in [3.8, 4) is 0 Å². The summed E-state index contributed by atoms with van der Waals surface area (Å²) in [5, 5.41) is 20.7. The quantitative estimate of drug-likeness (QED) is 0.267. The molecule has 4 rings (SSSR count). The van der Waals surface area contributed by atoms with Crippen molar-refractivity contribution < 1.29 is 24.4 Å². The van der Waals surface area contributed by atoms with Gasteiger partial charge < -0.3 is 9.84 Å². The number of carbonyl (C=O) groups excluding carboxylic acids is 2. The number of nitrogens with zero attached hydrogens (tertiary/aromatic N) is 2. The molecule has 2 aliphatic heterocycles. The van der Waals surface area contributed by atoms with Crippen LogP contribution >= 0.6 is 23.5 Å². The second kappa shape index (κ2) is 9.35. The number of fused-ring (bicyclic) bond motifs is 1. The number of esters is 1. The van der Waals surface area contributed by atoms with E-state index >= 15 is 0 Å². The first kappa shape index (κ1) is 22.4. The maximum Gasteiger partial charge on any atom is 0.357 e. The maximum atomic E-state index is 13.0. The van der Waals surface area contributed by atoms with Crippen LogP contribution in [0, 0.1) is 16.0 Å². The summed E-state index contributed by atoms with van der Waals surface area (Å²) >= 11 is 2.76. The third kappa shape index (κ3) is 4.25. The van der Waals surface area contributed by atoms with E-state index in [9.17, 15) is 24.8 Å². The van der Waals surface area contributed by atoms with Crippen LogP contribution < -0.4 is 0 Å². The van der Waals surface area contributed by atoms with Gasteiger partial charge in [0.2, 0.25) is 5.91 Å². The van der Waals surface area contributed by atoms with Crippen LogP contribution in [-0.2, 0) is 20.9 Å². The normalized spacial score (nSPS) is 20.6. The van der Waals surface area contributed by atoms with Gasteiger partial charge in [-0.3, -0.25) is 19.8 Å². The van der Waals surface area contributed by atoms with Crippen LogP contribution in [0.15, 0.2) is 69.4 Å². The van der Waals surface area contributed by atoms with Crippen molar-refractivity contribution in [1.29, 1.82) is 0 Å². The lowest BCUT2D eigenvalue weighted by molar-refractivity contribution is -0.384. The lowest BCUT2D eigenvalue weighted by Crippen LogP contribution is -2.61. The molecular weight excluding hydrogens is 452 g/mol. The van der Waals surface area contributed by atoms with E-state index in [1.807, 2.05) is 37.3 Å². The molecule has 0 aromatic heterocycles. The number of ether oxygens (including phenoxy) is 1. The van der Waals surface area contributed by atoms with Crippen LogP contribution in [-0.4, -0.2) is 38.3 Å². The smallest absolute Gasteiger partial charge is 0.357 e. The van der Waals surface area contributed by atoms with E-state index < -0.39 is 22.9 Å². The molecule has 8 nitrogen and oxygen atoms in total. The Balaban J connectivity index is 1.54. The molecule has 2 aliphatic rings. The fraction of sp³-hybridized carbons (Fsp3) is 0.273. The molecule has 3 atom stereocenters. The van der Waals surface area contributed by atoms with Gasteiger partial charge in [0.15, 0.2) is 5.70 Å². The van der Waals surface area contributed by atoms with E-state index in [1.165, 1.54) is 52.7 Å². The summed E-state index contributed by atoms with van der Waals surface area (Å²) in [7, 11) is 0. The van der Waals surface area contributed by atoms with Crippen LogP contribution in [0.25, 0.3) is 0 Å². The molecule has 0 radical (unpaired) electrons. The number of nitro groups is 1. The van der Waals surface area contributed by atoms with Gasteiger partial charge in [-0.05, 0) is 36.2 Å². The van der Waals surface area contributed by atoms with Gasteiger partial charge in [0.1, 0.15) is 12.0 Å². The summed E-state index contributed by atoms with van der Waals surface area (Å²) in [6.07, 6.45) is -0.322. The number of rotatable bonds is 8. The van der Waals surface area contributed by atoms with Crippen molar-refractivity contribution in [2.75, 3.05) is 0 Å². The average molecular weight is 473 g/mol. The number of non-ortho nitro benzene ring substituents is 1. The Morgan fingerprint density at radius 1 is 1.25 bits per heavy atom. The third-order valence-electron chi connectivity index (χ3n) is 5.24. The van der Waals surface area contributed by atoms with Crippen LogP contribution in [0.4, 0.5) is 5.69 Å². The number of aliphatic hydroxyl groups is 1. The van der Waals surface area contributed by atoms with Crippen molar-refractivity contribution in [1.82, 2.24) is 4.90 Å². The molecule has 10 heteroatoms. The first-order valence-electron chi connectivity index (χ1n) is 9.96. The Bertz CT molecular complexity index is 1070. The van der Waals surface area contributed by atoms with E-state index in [-0.39, 0.29) is 29.3 Å². The average Bonchev–Trinajstić information content (AvgIpc) is 3.12. The van der Waals surface area contributed by atoms with Crippen LogP contribution in [0.5, 0.6) is 0 Å². The lowest BCUT2D eigenvalue weighted by Gasteiger charge is -2.44. The molecule has 1 saturated heterocycles. The third-order valence-corrected chi connectivity index (χ3v) is 7.82. The van der Waals surface area contributed by atoms with Crippen molar-refractivity contribution in [3.05, 3.63) is 80.2 Å². The van der Waals surface area contributed by atoms with Crippen molar-refractivity contribution >= 4 is 41.1 Å². The Morgan fingerprint density at radius 3 is 2.56 bits per heavy atom. The molecule has 2 heterocycles. The minimum absolute atomic E-state index is 0.0499. The van der Waals surface area contributed by atoms with Crippen LogP contribution in [0.3, 0.4) is 0 Å². The number of hydrogen-bond donors (Lipinski definition) is 1. The minimum Gasteiger partial charge on any atom is -0.456 e. The van der Waals surface area contributed by atoms with Gasteiger partial charge in [0.25, 0.3) is 5.69 Å². The van der Waals surface area contributed by atoms with Gasteiger partial charge >= 0.3 is 5.97 Å². The molecule has 166 valence electrons. The summed E-state index contributed by atoms with van der Waals surface area (Å²) in [6.45, 7) is 1.73. The van der Waals surface area contributed by atoms with Crippen molar-refractivity contribution in [2.45, 2.75) is 36.3 Å². The zero-order valence-electron chi connectivity index (χ0n) is 17.0. The zero-order valence-corrected chi connectivity index (χ0v) is 18.7. The second-order valence-corrected chi connectivity index (χ2v) is 9.74. The highest BCUT2D eigenvalue weighted by atomic mass is 32.2. The molecule has 32 heavy (non-hydrogen) atoms. The zero-order chi connectivity index (χ0) is 22.8. The Hall–Kier alpha value is -2.82. The van der Waals surface area contributed by atoms with Gasteiger partial charge in [-0.25, -0.2) is 4.79 Å². The van der Waals surface area contributed by atoms with Gasteiger partial charge in [0.05, 0.1) is 21.2 Å². The van der Waals surface area contributed by atoms with E-state index in [0.717, 1.165) is 4.90 Å². The summed E-state index contributed by atoms with van der Waals surface area (Å²) in [5.74, 6) is -1.49. The van der Waals surface area contributed by atoms with Gasteiger partial charge in [-0.2, -0.15) is 0 Å². The van der Waals surface area contributed by atoms with E-state index in [0.29, 0.717) is 16.2 Å². The monoisotopic (exact) mass is 472 g/mol. The molecule has 1 fully saturated rings. The molecule has 0 aliphatic carbocycles. The predicted molar refractivity (Wildman–Crippen MR) is 120 cm³/mol. The Morgan fingerprint density at radius 2 is 1.94 bits per heavy atom. The van der Waals surface area contributed by atoms with E-state index in [1.54, 1.807) is 0 Å². The van der Waals surface area contributed by atoms with Gasteiger partial charge in [-0.15, -0.1) is 0 Å². The molecule has 2 aromatic rings. The largest absolute Gasteiger partial charge is 0.456 e. The van der Waals surface area contributed by atoms with Crippen molar-refractivity contribution in [3.63, 3.8) is 0 Å². The number of aliphatic hydroxyl groups excluding tert-OH is 1. The molecule has 0 unspecified atom stereocenters. The molecule has 0 spiro atoms. The molecule has 0 saturated carbocycles. The van der Waals surface area contributed by atoms with Gasteiger partial charge in [-0.1, -0.05) is 48.6 Å². The number of benzene rings is 2. The topological polar surface area (TPSA) is 110 Å². The number of carbonyl (C=O) groups is 2. The summed E-state index contributed by atoms with van der Waals surface area (Å²) in [6, 6.07) is 15.2. The molecular formula is C22H20N2O6S2. The highest BCUT2D eigenvalue weighted by Gasteiger charge is 2.58. The summed E-state index contributed by atoms with van der Waals surface area (Å²) in [4.78, 5) is 38.4. The first-order valence-corrected chi connectivity index (χ1v) is 11.7. The lowest BCUT2D eigenvalue weighted by atomic mass is 9.90. The van der Waals surface area contributed by atoms with Crippen LogP contribution in [0.1, 0.15) is 18.9 Å². The predicted octanol–water partition coefficient (Wildman–Crippen LogP) is 3.90. The fourth-order valence-electron chi connectivity index (χ4n) is 3.50. The minimum atomic E-state index is -0.769. The Labute approximate surface area is 192 Å². The number of amides is 1. The fourth-order valence-corrected chi connectivity index (χ4v) is 6.34. The highest BCUT2D eigenvalue weighted by molar-refractivity contribution is 8.22. The maximum absolute atomic E-state index is 13.0. The number of β-lactam (4-membered cyclic amide) rings is 1. The standard InChI is InChI=1S/C22H20N2O6S2/c1-2-16(25)17-19(26)23-18(22(32-20(17)23)31-15-6-4-3-5-7-15)21(27)30-12-13-8-10-14(11-9-13)24(28)29/h3-11,16-17,20,25H,2,12H2,1H3/t16-,17+,20+/m0/s1. The first-order chi connectivity index (χ1) is 15.4.